The van der Waals surface area contributed by atoms with E-state index in [9.17, 15) is 14.4 Å². The predicted molar refractivity (Wildman–Crippen MR) is 132 cm³/mol. The van der Waals surface area contributed by atoms with Crippen molar-refractivity contribution >= 4 is 23.5 Å². The Bertz CT molecular complexity index is 1340. The molecule has 2 amide bonds. The Hall–Kier alpha value is -3.97. The molecule has 1 atom stereocenters. The van der Waals surface area contributed by atoms with Gasteiger partial charge in [0.25, 0.3) is 11.8 Å². The number of nitrogens with zero attached hydrogens (tertiary/aromatic N) is 1. The highest BCUT2D eigenvalue weighted by atomic mass is 16.5. The number of rotatable bonds is 5. The van der Waals surface area contributed by atoms with Gasteiger partial charge in [-0.05, 0) is 61.2 Å². The van der Waals surface area contributed by atoms with Crippen LogP contribution in [0.5, 0.6) is 5.75 Å². The lowest BCUT2D eigenvalue weighted by atomic mass is 9.85. The van der Waals surface area contributed by atoms with Crippen LogP contribution in [0.3, 0.4) is 0 Å². The summed E-state index contributed by atoms with van der Waals surface area (Å²) in [5, 5.41) is 3.24. The highest BCUT2D eigenvalue weighted by Crippen LogP contribution is 2.42. The van der Waals surface area contributed by atoms with E-state index in [0.717, 1.165) is 23.1 Å². The third-order valence-electron chi connectivity index (χ3n) is 6.99. The number of benzene rings is 3. The molecule has 0 unspecified atom stereocenters. The lowest BCUT2D eigenvalue weighted by molar-refractivity contribution is -0.148. The number of ether oxygens (including phenoxy) is 2. The van der Waals surface area contributed by atoms with Gasteiger partial charge in [0, 0.05) is 5.56 Å². The third kappa shape index (κ3) is 3.42. The summed E-state index contributed by atoms with van der Waals surface area (Å²) in [6, 6.07) is 18.6. The van der Waals surface area contributed by atoms with E-state index in [1.54, 1.807) is 18.2 Å². The summed E-state index contributed by atoms with van der Waals surface area (Å²) in [5.74, 6) is -0.940. The second-order valence-corrected chi connectivity index (χ2v) is 8.79. The average molecular weight is 471 g/mol. The Morgan fingerprint density at radius 2 is 1.66 bits per heavy atom. The molecule has 3 aromatic rings. The van der Waals surface area contributed by atoms with Crippen molar-refractivity contribution in [3.8, 4) is 16.9 Å². The maximum Gasteiger partial charge on any atom is 0.330 e. The molecule has 3 aromatic carbocycles. The smallest absolute Gasteiger partial charge is 0.330 e. The van der Waals surface area contributed by atoms with Crippen molar-refractivity contribution in [3.05, 3.63) is 82.9 Å². The molecule has 35 heavy (non-hydrogen) atoms. The highest BCUT2D eigenvalue weighted by molar-refractivity contribution is 6.35. The quantitative estimate of drug-likeness (QED) is 0.444. The number of esters is 1. The summed E-state index contributed by atoms with van der Waals surface area (Å²) in [6.07, 6.45) is 1.26. The summed E-state index contributed by atoms with van der Waals surface area (Å²) in [7, 11) is 2.82. The number of carbonyl (C=O) groups is 3. The van der Waals surface area contributed by atoms with E-state index < -0.39 is 23.3 Å². The van der Waals surface area contributed by atoms with Crippen molar-refractivity contribution in [1.82, 2.24) is 5.32 Å². The molecule has 5 rings (SSSR count). The molecule has 1 fully saturated rings. The molecule has 0 radical (unpaired) electrons. The molecule has 0 spiro atoms. The van der Waals surface area contributed by atoms with Gasteiger partial charge >= 0.3 is 5.97 Å². The Balaban J connectivity index is 1.63. The van der Waals surface area contributed by atoms with Crippen LogP contribution in [0.4, 0.5) is 5.69 Å². The number of hydrogen-bond acceptors (Lipinski definition) is 6. The van der Waals surface area contributed by atoms with Crippen LogP contribution in [-0.4, -0.2) is 38.5 Å². The van der Waals surface area contributed by atoms with E-state index >= 15 is 0 Å². The Morgan fingerprint density at radius 3 is 2.29 bits per heavy atom. The second kappa shape index (κ2) is 8.67. The van der Waals surface area contributed by atoms with E-state index in [4.69, 9.17) is 9.47 Å². The lowest BCUT2D eigenvalue weighted by Gasteiger charge is -2.28. The van der Waals surface area contributed by atoms with Gasteiger partial charge in [0.2, 0.25) is 0 Å². The number of amides is 2. The molecule has 0 aromatic heterocycles. The largest absolute Gasteiger partial charge is 0.496 e. The number of carbonyl (C=O) groups excluding carboxylic acids is 3. The lowest BCUT2D eigenvalue weighted by Crippen LogP contribution is -2.45. The standard InChI is InChI=1S/C28H26N2O5/c1-17-19(18-9-5-4-6-10-18)11-7-12-23(17)30-25(31)20-15-22(24(34-2)16-21(20)26(30)32)28(27(33)35-3)13-8-14-29-28/h4-7,9-12,15-16,29H,8,13-14H2,1-3H3/t28-/m1/s1. The first-order chi connectivity index (χ1) is 16.9. The maximum absolute atomic E-state index is 13.6. The molecule has 0 saturated carbocycles. The zero-order valence-corrected chi connectivity index (χ0v) is 19.9. The Morgan fingerprint density at radius 1 is 0.943 bits per heavy atom. The average Bonchev–Trinajstić information content (AvgIpc) is 3.48. The Kier molecular flexibility index (Phi) is 5.65. The van der Waals surface area contributed by atoms with Gasteiger partial charge in [-0.15, -0.1) is 0 Å². The number of nitrogens with one attached hydrogen (secondary N) is 1. The van der Waals surface area contributed by atoms with Gasteiger partial charge < -0.3 is 9.47 Å². The number of hydrogen-bond donors (Lipinski definition) is 1. The number of methoxy groups -OCH3 is 2. The van der Waals surface area contributed by atoms with Crippen LogP contribution in [0.25, 0.3) is 11.1 Å². The maximum atomic E-state index is 13.6. The summed E-state index contributed by atoms with van der Waals surface area (Å²) < 4.78 is 10.7. The molecule has 0 bridgehead atoms. The predicted octanol–water partition coefficient (Wildman–Crippen LogP) is 4.22. The van der Waals surface area contributed by atoms with E-state index in [0.29, 0.717) is 30.0 Å². The molecule has 1 N–H and O–H groups in total. The van der Waals surface area contributed by atoms with Crippen LogP contribution in [0, 0.1) is 6.92 Å². The summed E-state index contributed by atoms with van der Waals surface area (Å²) in [6.45, 7) is 2.53. The summed E-state index contributed by atoms with van der Waals surface area (Å²) in [4.78, 5) is 41.2. The van der Waals surface area contributed by atoms with Gasteiger partial charge in [0.05, 0.1) is 31.0 Å². The normalized spacial score (nSPS) is 19.1. The van der Waals surface area contributed by atoms with E-state index in [1.807, 2.05) is 49.4 Å². The molecule has 2 aliphatic rings. The van der Waals surface area contributed by atoms with Crippen LogP contribution in [0.15, 0.2) is 60.7 Å². The van der Waals surface area contributed by atoms with E-state index in [2.05, 4.69) is 5.32 Å². The Labute approximate surface area is 203 Å². The zero-order valence-electron chi connectivity index (χ0n) is 19.9. The van der Waals surface area contributed by atoms with Crippen LogP contribution in [0.2, 0.25) is 0 Å². The molecule has 2 aliphatic heterocycles. The minimum absolute atomic E-state index is 0.243. The molecular weight excluding hydrogens is 444 g/mol. The number of fused-ring (bicyclic) bond motifs is 1. The molecule has 1 saturated heterocycles. The van der Waals surface area contributed by atoms with Crippen molar-refractivity contribution in [2.24, 2.45) is 0 Å². The SMILES string of the molecule is COC(=O)[C@]1(c2cc3c(cc2OC)C(=O)N(c2cccc(-c4ccccc4)c2C)C3=O)CCCN1. The van der Waals surface area contributed by atoms with Crippen molar-refractivity contribution in [2.75, 3.05) is 25.7 Å². The van der Waals surface area contributed by atoms with Crippen LogP contribution in [-0.2, 0) is 15.1 Å². The van der Waals surface area contributed by atoms with Gasteiger partial charge in [-0.2, -0.15) is 0 Å². The second-order valence-electron chi connectivity index (χ2n) is 8.79. The van der Waals surface area contributed by atoms with Crippen molar-refractivity contribution in [3.63, 3.8) is 0 Å². The van der Waals surface area contributed by atoms with Gasteiger partial charge in [0.1, 0.15) is 11.3 Å². The minimum Gasteiger partial charge on any atom is -0.496 e. The molecule has 178 valence electrons. The topological polar surface area (TPSA) is 84.9 Å². The van der Waals surface area contributed by atoms with E-state index in [-0.39, 0.29) is 11.1 Å². The van der Waals surface area contributed by atoms with E-state index in [1.165, 1.54) is 19.1 Å². The minimum atomic E-state index is -1.13. The zero-order chi connectivity index (χ0) is 24.7. The van der Waals surface area contributed by atoms with Crippen LogP contribution < -0.4 is 15.0 Å². The van der Waals surface area contributed by atoms with Crippen LogP contribution in [0.1, 0.15) is 44.7 Å². The van der Waals surface area contributed by atoms with Gasteiger partial charge in [-0.25, -0.2) is 9.69 Å². The molecule has 7 heteroatoms. The first-order valence-corrected chi connectivity index (χ1v) is 11.5. The molecular formula is C28H26N2O5. The fourth-order valence-corrected chi connectivity index (χ4v) is 5.22. The summed E-state index contributed by atoms with van der Waals surface area (Å²) >= 11 is 0. The van der Waals surface area contributed by atoms with Gasteiger partial charge in [-0.1, -0.05) is 42.5 Å². The number of imide groups is 1. The first-order valence-electron chi connectivity index (χ1n) is 11.5. The molecule has 0 aliphatic carbocycles. The molecule has 2 heterocycles. The van der Waals surface area contributed by atoms with Crippen molar-refractivity contribution in [1.29, 1.82) is 0 Å². The summed E-state index contributed by atoms with van der Waals surface area (Å²) in [5.41, 5.74) is 3.15. The monoisotopic (exact) mass is 470 g/mol. The van der Waals surface area contributed by atoms with Crippen LogP contribution >= 0.6 is 0 Å². The fraction of sp³-hybridized carbons (Fsp3) is 0.250. The molecule has 7 nitrogen and oxygen atoms in total. The number of anilines is 1. The fourth-order valence-electron chi connectivity index (χ4n) is 5.22. The van der Waals surface area contributed by atoms with Crippen molar-refractivity contribution in [2.45, 2.75) is 25.3 Å². The highest BCUT2D eigenvalue weighted by Gasteiger charge is 2.48. The van der Waals surface area contributed by atoms with Gasteiger partial charge in [0.15, 0.2) is 0 Å². The van der Waals surface area contributed by atoms with Crippen molar-refractivity contribution < 1.29 is 23.9 Å². The van der Waals surface area contributed by atoms with Gasteiger partial charge in [-0.3, -0.25) is 14.9 Å². The third-order valence-corrected chi connectivity index (χ3v) is 6.99. The first kappa shape index (κ1) is 22.8.